The van der Waals surface area contributed by atoms with Gasteiger partial charge in [-0.05, 0) is 48.9 Å². The van der Waals surface area contributed by atoms with E-state index in [9.17, 15) is 4.79 Å². The summed E-state index contributed by atoms with van der Waals surface area (Å²) in [5.74, 6) is 1.46. The molecule has 1 amide bonds. The number of carbonyl (C=O) groups is 1. The Labute approximate surface area is 180 Å². The summed E-state index contributed by atoms with van der Waals surface area (Å²) in [5.41, 5.74) is 3.52. The van der Waals surface area contributed by atoms with E-state index in [1.807, 2.05) is 55.5 Å². The molecule has 0 aliphatic heterocycles. The standard InChI is InChI=1S/C24H22ClN3O2/c1-17-7-2-5-12-22(17)30-14-13-28-21-11-4-3-10-20(21)27-23(28)16-26-24(29)18-8-6-9-19(25)15-18/h2-12,15H,13-14,16H2,1H3,(H,26,29). The first-order chi connectivity index (χ1) is 14.6. The van der Waals surface area contributed by atoms with Crippen LogP contribution in [0.5, 0.6) is 5.75 Å². The van der Waals surface area contributed by atoms with Crippen molar-refractivity contribution in [3.8, 4) is 5.75 Å². The SMILES string of the molecule is Cc1ccccc1OCCn1c(CNC(=O)c2cccc(Cl)c2)nc2ccccc21. The van der Waals surface area contributed by atoms with Gasteiger partial charge in [-0.1, -0.05) is 48.0 Å². The second-order valence-corrected chi connectivity index (χ2v) is 7.41. The van der Waals surface area contributed by atoms with Crippen LogP contribution in [-0.4, -0.2) is 22.1 Å². The molecule has 152 valence electrons. The number of hydrogen-bond acceptors (Lipinski definition) is 3. The number of nitrogens with zero attached hydrogens (tertiary/aromatic N) is 2. The van der Waals surface area contributed by atoms with Crippen LogP contribution in [0.2, 0.25) is 5.02 Å². The molecule has 0 aliphatic carbocycles. The van der Waals surface area contributed by atoms with E-state index < -0.39 is 0 Å². The number of nitrogens with one attached hydrogen (secondary N) is 1. The number of hydrogen-bond donors (Lipinski definition) is 1. The summed E-state index contributed by atoms with van der Waals surface area (Å²) in [4.78, 5) is 17.2. The fourth-order valence-electron chi connectivity index (χ4n) is 3.37. The lowest BCUT2D eigenvalue weighted by Crippen LogP contribution is -2.25. The van der Waals surface area contributed by atoms with E-state index >= 15 is 0 Å². The minimum atomic E-state index is -0.188. The number of aryl methyl sites for hydroxylation is 1. The fraction of sp³-hybridized carbons (Fsp3) is 0.167. The van der Waals surface area contributed by atoms with Crippen LogP contribution in [-0.2, 0) is 13.1 Å². The zero-order chi connectivity index (χ0) is 20.9. The van der Waals surface area contributed by atoms with Crippen molar-refractivity contribution in [2.24, 2.45) is 0 Å². The summed E-state index contributed by atoms with van der Waals surface area (Å²) >= 11 is 5.99. The van der Waals surface area contributed by atoms with Gasteiger partial charge >= 0.3 is 0 Å². The zero-order valence-electron chi connectivity index (χ0n) is 16.6. The molecule has 0 saturated heterocycles. The molecule has 0 aliphatic rings. The maximum atomic E-state index is 12.5. The highest BCUT2D eigenvalue weighted by molar-refractivity contribution is 6.30. The van der Waals surface area contributed by atoms with Crippen molar-refractivity contribution in [3.63, 3.8) is 0 Å². The number of fused-ring (bicyclic) bond motifs is 1. The molecule has 0 spiro atoms. The van der Waals surface area contributed by atoms with Crippen molar-refractivity contribution in [2.75, 3.05) is 6.61 Å². The molecule has 0 bridgehead atoms. The van der Waals surface area contributed by atoms with E-state index in [1.165, 1.54) is 0 Å². The molecule has 0 fully saturated rings. The van der Waals surface area contributed by atoms with Crippen LogP contribution >= 0.6 is 11.6 Å². The van der Waals surface area contributed by atoms with Crippen LogP contribution < -0.4 is 10.1 Å². The number of carbonyl (C=O) groups excluding carboxylic acids is 1. The predicted molar refractivity (Wildman–Crippen MR) is 119 cm³/mol. The van der Waals surface area contributed by atoms with Gasteiger partial charge in [0.15, 0.2) is 0 Å². The molecule has 0 unspecified atom stereocenters. The van der Waals surface area contributed by atoms with E-state index in [2.05, 4.69) is 9.88 Å². The van der Waals surface area contributed by atoms with E-state index in [-0.39, 0.29) is 5.91 Å². The van der Waals surface area contributed by atoms with Gasteiger partial charge in [0.05, 0.1) is 24.1 Å². The number of ether oxygens (including phenoxy) is 1. The van der Waals surface area contributed by atoms with Gasteiger partial charge in [0, 0.05) is 10.6 Å². The molecule has 0 radical (unpaired) electrons. The fourth-order valence-corrected chi connectivity index (χ4v) is 3.56. The Balaban J connectivity index is 1.50. The van der Waals surface area contributed by atoms with Crippen LogP contribution in [0.1, 0.15) is 21.7 Å². The maximum Gasteiger partial charge on any atom is 0.251 e. The average Bonchev–Trinajstić information content (AvgIpc) is 3.11. The number of para-hydroxylation sites is 3. The molecule has 0 atom stereocenters. The number of aromatic nitrogens is 2. The molecule has 6 heteroatoms. The Morgan fingerprint density at radius 3 is 2.70 bits per heavy atom. The third kappa shape index (κ3) is 4.47. The third-order valence-electron chi connectivity index (χ3n) is 4.89. The molecular formula is C24H22ClN3O2. The largest absolute Gasteiger partial charge is 0.491 e. The molecule has 3 aromatic carbocycles. The van der Waals surface area contributed by atoms with Gasteiger partial charge < -0.3 is 14.6 Å². The second kappa shape index (κ2) is 9.01. The number of imidazole rings is 1. The normalized spacial score (nSPS) is 10.9. The van der Waals surface area contributed by atoms with Crippen molar-refractivity contribution >= 4 is 28.5 Å². The first-order valence-corrected chi connectivity index (χ1v) is 10.2. The van der Waals surface area contributed by atoms with Crippen molar-refractivity contribution in [2.45, 2.75) is 20.0 Å². The number of benzene rings is 3. The molecule has 4 aromatic rings. The van der Waals surface area contributed by atoms with Gasteiger partial charge in [-0.25, -0.2) is 4.98 Å². The van der Waals surface area contributed by atoms with E-state index in [4.69, 9.17) is 21.3 Å². The smallest absolute Gasteiger partial charge is 0.251 e. The highest BCUT2D eigenvalue weighted by Gasteiger charge is 2.13. The van der Waals surface area contributed by atoms with Crippen molar-refractivity contribution in [1.82, 2.24) is 14.9 Å². The van der Waals surface area contributed by atoms with E-state index in [1.54, 1.807) is 24.3 Å². The molecule has 1 heterocycles. The maximum absolute atomic E-state index is 12.5. The lowest BCUT2D eigenvalue weighted by molar-refractivity contribution is 0.0949. The summed E-state index contributed by atoms with van der Waals surface area (Å²) in [6, 6.07) is 22.8. The van der Waals surface area contributed by atoms with E-state index in [0.29, 0.717) is 30.3 Å². The first kappa shape index (κ1) is 20.0. The predicted octanol–water partition coefficient (Wildman–Crippen LogP) is 5.01. The monoisotopic (exact) mass is 419 g/mol. The van der Waals surface area contributed by atoms with Crippen molar-refractivity contribution in [1.29, 1.82) is 0 Å². The van der Waals surface area contributed by atoms with Gasteiger partial charge in [-0.15, -0.1) is 0 Å². The number of rotatable bonds is 7. The minimum Gasteiger partial charge on any atom is -0.491 e. The topological polar surface area (TPSA) is 56.1 Å². The minimum absolute atomic E-state index is 0.188. The molecule has 4 rings (SSSR count). The lowest BCUT2D eigenvalue weighted by atomic mass is 10.2. The highest BCUT2D eigenvalue weighted by atomic mass is 35.5. The quantitative estimate of drug-likeness (QED) is 0.458. The Morgan fingerprint density at radius 2 is 1.87 bits per heavy atom. The van der Waals surface area contributed by atoms with Gasteiger partial charge in [-0.2, -0.15) is 0 Å². The van der Waals surface area contributed by atoms with Crippen LogP contribution in [0.15, 0.2) is 72.8 Å². The summed E-state index contributed by atoms with van der Waals surface area (Å²) in [5, 5.41) is 3.47. The lowest BCUT2D eigenvalue weighted by Gasteiger charge is -2.13. The van der Waals surface area contributed by atoms with Gasteiger partial charge in [-0.3, -0.25) is 4.79 Å². The molecule has 5 nitrogen and oxygen atoms in total. The third-order valence-corrected chi connectivity index (χ3v) is 5.13. The number of amides is 1. The molecule has 1 N–H and O–H groups in total. The van der Waals surface area contributed by atoms with Crippen LogP contribution in [0.4, 0.5) is 0 Å². The summed E-state index contributed by atoms with van der Waals surface area (Å²) in [6.07, 6.45) is 0. The molecular weight excluding hydrogens is 398 g/mol. The summed E-state index contributed by atoms with van der Waals surface area (Å²) in [6.45, 7) is 3.46. The Bertz CT molecular complexity index is 1190. The van der Waals surface area contributed by atoms with Gasteiger partial charge in [0.1, 0.15) is 18.2 Å². The first-order valence-electron chi connectivity index (χ1n) is 9.78. The molecule has 1 aromatic heterocycles. The Morgan fingerprint density at radius 1 is 1.07 bits per heavy atom. The van der Waals surface area contributed by atoms with Crippen LogP contribution in [0.25, 0.3) is 11.0 Å². The van der Waals surface area contributed by atoms with E-state index in [0.717, 1.165) is 28.2 Å². The summed E-state index contributed by atoms with van der Waals surface area (Å²) < 4.78 is 8.06. The molecule has 30 heavy (non-hydrogen) atoms. The van der Waals surface area contributed by atoms with Crippen LogP contribution in [0.3, 0.4) is 0 Å². The van der Waals surface area contributed by atoms with Crippen molar-refractivity contribution in [3.05, 3.63) is 94.8 Å². The van der Waals surface area contributed by atoms with Crippen molar-refractivity contribution < 1.29 is 9.53 Å². The number of halogens is 1. The van der Waals surface area contributed by atoms with Gasteiger partial charge in [0.2, 0.25) is 0 Å². The Hall–Kier alpha value is -3.31. The van der Waals surface area contributed by atoms with Gasteiger partial charge in [0.25, 0.3) is 5.91 Å². The van der Waals surface area contributed by atoms with Crippen LogP contribution in [0, 0.1) is 6.92 Å². The highest BCUT2D eigenvalue weighted by Crippen LogP contribution is 2.19. The molecule has 0 saturated carbocycles. The second-order valence-electron chi connectivity index (χ2n) is 6.98. The Kier molecular flexibility index (Phi) is 6.00. The average molecular weight is 420 g/mol. The zero-order valence-corrected chi connectivity index (χ0v) is 17.4. The summed E-state index contributed by atoms with van der Waals surface area (Å²) in [7, 11) is 0.